The van der Waals surface area contributed by atoms with Gasteiger partial charge in [0.1, 0.15) is 13.2 Å². The van der Waals surface area contributed by atoms with E-state index in [-0.39, 0.29) is 19.1 Å². The molecule has 3 atom stereocenters. The Labute approximate surface area is 302 Å². The molecule has 0 aromatic rings. The van der Waals surface area contributed by atoms with Crippen molar-refractivity contribution in [3.63, 3.8) is 0 Å². The van der Waals surface area contributed by atoms with E-state index in [9.17, 15) is 19.4 Å². The second-order valence-corrected chi connectivity index (χ2v) is 16.0. The van der Waals surface area contributed by atoms with Crippen LogP contribution in [0.25, 0.3) is 0 Å². The lowest BCUT2D eigenvalue weighted by molar-refractivity contribution is -0.870. The average molecular weight is 713 g/mol. The smallest absolute Gasteiger partial charge is 0.268 e. The molecule has 0 saturated carbocycles. The van der Waals surface area contributed by atoms with Gasteiger partial charge in [0.25, 0.3) is 7.82 Å². The van der Waals surface area contributed by atoms with Gasteiger partial charge in [-0.15, -0.1) is 0 Å². The predicted molar refractivity (Wildman–Crippen MR) is 205 cm³/mol. The monoisotopic (exact) mass is 713 g/mol. The molecular formula is C40H77N2O6P. The second-order valence-electron chi connectivity index (χ2n) is 14.6. The molecule has 9 heteroatoms. The van der Waals surface area contributed by atoms with Crippen LogP contribution in [0.3, 0.4) is 0 Å². The van der Waals surface area contributed by atoms with Crippen LogP contribution in [0, 0.1) is 0 Å². The summed E-state index contributed by atoms with van der Waals surface area (Å²) in [6, 6.07) is -0.807. The van der Waals surface area contributed by atoms with E-state index in [0.717, 1.165) is 77.0 Å². The highest BCUT2D eigenvalue weighted by Gasteiger charge is 2.24. The number of likely N-dealkylation sites (N-methyl/N-ethyl adjacent to an activating group) is 1. The Kier molecular flexibility index (Phi) is 31.8. The van der Waals surface area contributed by atoms with Gasteiger partial charge in [-0.05, 0) is 44.9 Å². The Morgan fingerprint density at radius 2 is 1.24 bits per heavy atom. The highest BCUT2D eigenvalue weighted by Crippen LogP contribution is 2.38. The van der Waals surface area contributed by atoms with Gasteiger partial charge in [-0.25, -0.2) is 0 Å². The third-order valence-electron chi connectivity index (χ3n) is 8.64. The van der Waals surface area contributed by atoms with E-state index in [1.54, 1.807) is 0 Å². The highest BCUT2D eigenvalue weighted by molar-refractivity contribution is 7.45. The van der Waals surface area contributed by atoms with Gasteiger partial charge in [-0.3, -0.25) is 9.36 Å². The van der Waals surface area contributed by atoms with Gasteiger partial charge in [-0.2, -0.15) is 0 Å². The number of carbonyl (C=O) groups is 1. The number of carbonyl (C=O) groups excluding carboxylic acids is 1. The number of quaternary nitrogens is 1. The first-order chi connectivity index (χ1) is 23.5. The molecule has 0 fully saturated rings. The van der Waals surface area contributed by atoms with Crippen LogP contribution in [0.15, 0.2) is 36.5 Å². The van der Waals surface area contributed by atoms with Crippen LogP contribution in [0.1, 0.15) is 162 Å². The summed E-state index contributed by atoms with van der Waals surface area (Å²) in [5, 5.41) is 13.8. The largest absolute Gasteiger partial charge is 0.756 e. The molecule has 0 heterocycles. The summed E-state index contributed by atoms with van der Waals surface area (Å²) in [5.41, 5.74) is 0. The number of phosphoric ester groups is 1. The number of hydrogen-bond donors (Lipinski definition) is 2. The maximum absolute atomic E-state index is 12.8. The number of nitrogens with zero attached hydrogens (tertiary/aromatic N) is 1. The number of rotatable bonds is 35. The van der Waals surface area contributed by atoms with E-state index in [1.807, 2.05) is 21.1 Å². The summed E-state index contributed by atoms with van der Waals surface area (Å²) in [5.74, 6) is -0.185. The molecule has 0 bridgehead atoms. The summed E-state index contributed by atoms with van der Waals surface area (Å²) in [4.78, 5) is 25.2. The third-order valence-corrected chi connectivity index (χ3v) is 9.61. The molecule has 1 amide bonds. The molecule has 288 valence electrons. The van der Waals surface area contributed by atoms with Gasteiger partial charge in [0.2, 0.25) is 5.91 Å². The zero-order valence-electron chi connectivity index (χ0n) is 32.4. The van der Waals surface area contributed by atoms with Crippen LogP contribution in [0.5, 0.6) is 0 Å². The molecule has 0 radical (unpaired) electrons. The number of phosphoric acid groups is 1. The number of aliphatic hydroxyl groups is 1. The first kappa shape index (κ1) is 47.7. The Balaban J connectivity index is 4.48. The zero-order chi connectivity index (χ0) is 36.5. The van der Waals surface area contributed by atoms with E-state index >= 15 is 0 Å². The first-order valence-electron chi connectivity index (χ1n) is 19.8. The van der Waals surface area contributed by atoms with Gasteiger partial charge in [0.15, 0.2) is 0 Å². The molecule has 2 N–H and O–H groups in total. The number of hydrogen-bond acceptors (Lipinski definition) is 6. The van der Waals surface area contributed by atoms with Crippen LogP contribution in [-0.2, 0) is 18.4 Å². The molecule has 0 rings (SSSR count). The minimum atomic E-state index is -4.56. The molecule has 49 heavy (non-hydrogen) atoms. The van der Waals surface area contributed by atoms with Crippen LogP contribution >= 0.6 is 7.82 Å². The predicted octanol–water partition coefficient (Wildman–Crippen LogP) is 9.72. The number of amides is 1. The van der Waals surface area contributed by atoms with Crippen molar-refractivity contribution in [2.45, 2.75) is 174 Å². The molecule has 0 saturated heterocycles. The summed E-state index contributed by atoms with van der Waals surface area (Å²) >= 11 is 0. The van der Waals surface area contributed by atoms with Gasteiger partial charge >= 0.3 is 0 Å². The topological polar surface area (TPSA) is 108 Å². The fourth-order valence-corrected chi connectivity index (χ4v) is 6.19. The van der Waals surface area contributed by atoms with Crippen LogP contribution in [-0.4, -0.2) is 68.5 Å². The lowest BCUT2D eigenvalue weighted by Crippen LogP contribution is -2.46. The van der Waals surface area contributed by atoms with Crippen molar-refractivity contribution in [2.75, 3.05) is 40.9 Å². The van der Waals surface area contributed by atoms with Gasteiger partial charge in [0.05, 0.1) is 39.9 Å². The summed E-state index contributed by atoms with van der Waals surface area (Å²) < 4.78 is 23.2. The van der Waals surface area contributed by atoms with Gasteiger partial charge < -0.3 is 28.8 Å². The molecule has 0 aromatic carbocycles. The van der Waals surface area contributed by atoms with E-state index < -0.39 is 20.0 Å². The summed E-state index contributed by atoms with van der Waals surface area (Å²) in [6.45, 7) is 4.56. The normalized spacial score (nSPS) is 15.0. The fraction of sp³-hybridized carbons (Fsp3) is 0.825. The Morgan fingerprint density at radius 1 is 0.735 bits per heavy atom. The van der Waals surface area contributed by atoms with Crippen molar-refractivity contribution >= 4 is 13.7 Å². The molecule has 0 aliphatic carbocycles. The maximum Gasteiger partial charge on any atom is 0.268 e. The van der Waals surface area contributed by atoms with Gasteiger partial charge in [-0.1, -0.05) is 147 Å². The number of aliphatic hydroxyl groups excluding tert-OH is 1. The van der Waals surface area contributed by atoms with Crippen molar-refractivity contribution in [3.8, 4) is 0 Å². The Bertz CT molecular complexity index is 902. The minimum Gasteiger partial charge on any atom is -0.756 e. The molecule has 8 nitrogen and oxygen atoms in total. The molecule has 3 unspecified atom stereocenters. The number of allylic oxidation sites excluding steroid dienone is 6. The highest BCUT2D eigenvalue weighted by atomic mass is 31.2. The Morgan fingerprint density at radius 3 is 1.82 bits per heavy atom. The van der Waals surface area contributed by atoms with E-state index in [1.165, 1.54) is 57.8 Å². The van der Waals surface area contributed by atoms with E-state index in [4.69, 9.17) is 9.05 Å². The second kappa shape index (κ2) is 32.6. The SMILES string of the molecule is CC/C=C\C/C=C\C/C=C\CCCCCCCC(=O)NC(COP(=O)([O-])OCC[N+](C)(C)C)C(O)CCCCCCCCCCCCCC. The maximum atomic E-state index is 12.8. The fourth-order valence-electron chi connectivity index (χ4n) is 5.46. The first-order valence-corrected chi connectivity index (χ1v) is 21.3. The van der Waals surface area contributed by atoms with Crippen LogP contribution in [0.4, 0.5) is 0 Å². The van der Waals surface area contributed by atoms with Crippen LogP contribution < -0.4 is 10.2 Å². The molecule has 0 aliphatic rings. The van der Waals surface area contributed by atoms with Crippen molar-refractivity contribution in [1.29, 1.82) is 0 Å². The van der Waals surface area contributed by atoms with Crippen molar-refractivity contribution in [2.24, 2.45) is 0 Å². The third kappa shape index (κ3) is 34.9. The molecule has 0 spiro atoms. The van der Waals surface area contributed by atoms with E-state index in [2.05, 4.69) is 55.6 Å². The quantitative estimate of drug-likeness (QED) is 0.0293. The van der Waals surface area contributed by atoms with Crippen LogP contribution in [0.2, 0.25) is 0 Å². The number of nitrogens with one attached hydrogen (secondary N) is 1. The van der Waals surface area contributed by atoms with Crippen molar-refractivity contribution in [1.82, 2.24) is 5.32 Å². The summed E-state index contributed by atoms with van der Waals surface area (Å²) in [6.07, 6.45) is 37.1. The Hall–Kier alpha value is -1.28. The minimum absolute atomic E-state index is 0.00749. The molecule has 0 aromatic heterocycles. The number of unbranched alkanes of at least 4 members (excludes halogenated alkanes) is 16. The standard InChI is InChI=1S/C40H77N2O6P/c1-6-8-10-12-14-16-18-20-21-22-24-26-28-30-32-34-40(44)41-38(37-48-49(45,46)47-36-35-42(3,4)5)39(43)33-31-29-27-25-23-19-17-15-13-11-9-7-2/h8,10,14,16,20-21,38-39,43H,6-7,9,11-13,15,17-19,22-37H2,1-5H3,(H-,41,44,45,46)/b10-8-,16-14-,21-20-. The molecule has 0 aliphatic heterocycles. The van der Waals surface area contributed by atoms with Gasteiger partial charge in [0, 0.05) is 6.42 Å². The van der Waals surface area contributed by atoms with E-state index in [0.29, 0.717) is 23.9 Å². The van der Waals surface area contributed by atoms with Crippen molar-refractivity contribution < 1.29 is 32.9 Å². The lowest BCUT2D eigenvalue weighted by Gasteiger charge is -2.30. The molecular weight excluding hydrogens is 635 g/mol. The summed E-state index contributed by atoms with van der Waals surface area (Å²) in [7, 11) is 1.28. The zero-order valence-corrected chi connectivity index (χ0v) is 33.3. The lowest BCUT2D eigenvalue weighted by atomic mass is 10.0. The van der Waals surface area contributed by atoms with Crippen molar-refractivity contribution in [3.05, 3.63) is 36.5 Å². The average Bonchev–Trinajstić information content (AvgIpc) is 3.04.